The maximum atomic E-state index is 2.54. The number of anilines is 4. The third-order valence-corrected chi connectivity index (χ3v) is 9.30. The van der Waals surface area contributed by atoms with Crippen molar-refractivity contribution in [2.24, 2.45) is 0 Å². The van der Waals surface area contributed by atoms with E-state index in [0.717, 1.165) is 6.54 Å². The zero-order valence-electron chi connectivity index (χ0n) is 24.3. The van der Waals surface area contributed by atoms with Gasteiger partial charge in [0.05, 0.1) is 17.1 Å². The highest BCUT2D eigenvalue weighted by Gasteiger charge is 2.49. The van der Waals surface area contributed by atoms with E-state index in [4.69, 9.17) is 0 Å². The summed E-state index contributed by atoms with van der Waals surface area (Å²) in [6, 6.07) is 50.2. The van der Waals surface area contributed by atoms with Gasteiger partial charge in [0, 0.05) is 35.5 Å². The number of para-hydroxylation sites is 4. The van der Waals surface area contributed by atoms with Crippen molar-refractivity contribution in [3.63, 3.8) is 0 Å². The van der Waals surface area contributed by atoms with Gasteiger partial charge >= 0.3 is 0 Å². The number of benzene rings is 5. The molecular formula is C41H31N3. The summed E-state index contributed by atoms with van der Waals surface area (Å²) in [4.78, 5) is 7.54. The minimum atomic E-state index is 0.170. The molecule has 0 saturated carbocycles. The molecule has 3 aliphatic heterocycles. The van der Waals surface area contributed by atoms with Crippen molar-refractivity contribution in [2.45, 2.75) is 11.8 Å². The van der Waals surface area contributed by atoms with Crippen molar-refractivity contribution in [1.29, 1.82) is 0 Å². The molecule has 210 valence electrons. The zero-order chi connectivity index (χ0) is 29.0. The van der Waals surface area contributed by atoms with Crippen LogP contribution in [0.3, 0.4) is 0 Å². The van der Waals surface area contributed by atoms with Gasteiger partial charge in [0.2, 0.25) is 0 Å². The Labute approximate surface area is 258 Å². The Balaban J connectivity index is 1.27. The lowest BCUT2D eigenvalue weighted by molar-refractivity contribution is 0.853. The van der Waals surface area contributed by atoms with Crippen LogP contribution in [0.2, 0.25) is 0 Å². The first-order chi connectivity index (χ1) is 21.8. The molecule has 0 aromatic heterocycles. The SMILES string of the molecule is C1=CC(c2ccccc2)C=C(c2ccccc2)C=C1N1C2=C3N(CC2c2ccccc21)c1ccccc1N3c1ccccc1. The molecule has 3 heteroatoms. The van der Waals surface area contributed by atoms with E-state index < -0.39 is 0 Å². The Kier molecular flexibility index (Phi) is 5.70. The Hall–Kier alpha value is -5.54. The first kappa shape index (κ1) is 25.0. The van der Waals surface area contributed by atoms with Gasteiger partial charge in [-0.05, 0) is 64.7 Å². The molecule has 4 aliphatic rings. The van der Waals surface area contributed by atoms with Crippen molar-refractivity contribution in [1.82, 2.24) is 0 Å². The molecule has 0 spiro atoms. The normalized spacial score (nSPS) is 19.7. The van der Waals surface area contributed by atoms with Gasteiger partial charge in [0.25, 0.3) is 0 Å². The molecule has 5 aromatic carbocycles. The van der Waals surface area contributed by atoms with E-state index in [2.05, 4.69) is 179 Å². The molecule has 2 atom stereocenters. The fraction of sp³-hybridized carbons (Fsp3) is 0.0732. The van der Waals surface area contributed by atoms with Crippen molar-refractivity contribution >= 4 is 28.3 Å². The van der Waals surface area contributed by atoms with Gasteiger partial charge in [0.15, 0.2) is 0 Å². The Morgan fingerprint density at radius 2 is 1.20 bits per heavy atom. The van der Waals surface area contributed by atoms with Crippen LogP contribution in [0.25, 0.3) is 5.57 Å². The number of fused-ring (bicyclic) bond motifs is 6. The van der Waals surface area contributed by atoms with Gasteiger partial charge in [-0.1, -0.05) is 121 Å². The summed E-state index contributed by atoms with van der Waals surface area (Å²) in [6.07, 6.45) is 9.50. The molecule has 0 saturated heterocycles. The second kappa shape index (κ2) is 10.0. The van der Waals surface area contributed by atoms with Crippen LogP contribution in [0.15, 0.2) is 181 Å². The predicted octanol–water partition coefficient (Wildman–Crippen LogP) is 9.75. The molecule has 0 N–H and O–H groups in total. The smallest absolute Gasteiger partial charge is 0.139 e. The molecule has 0 fully saturated rings. The van der Waals surface area contributed by atoms with Crippen LogP contribution in [0.5, 0.6) is 0 Å². The van der Waals surface area contributed by atoms with Crippen LogP contribution in [-0.2, 0) is 0 Å². The first-order valence-corrected chi connectivity index (χ1v) is 15.4. The molecular weight excluding hydrogens is 534 g/mol. The monoisotopic (exact) mass is 565 g/mol. The van der Waals surface area contributed by atoms with Crippen LogP contribution in [0, 0.1) is 0 Å². The number of hydrogen-bond acceptors (Lipinski definition) is 3. The van der Waals surface area contributed by atoms with E-state index in [0.29, 0.717) is 0 Å². The number of rotatable bonds is 4. The average molecular weight is 566 g/mol. The summed E-state index contributed by atoms with van der Waals surface area (Å²) in [6.45, 7) is 0.920. The Morgan fingerprint density at radius 3 is 1.98 bits per heavy atom. The summed E-state index contributed by atoms with van der Waals surface area (Å²) in [5.41, 5.74) is 12.6. The van der Waals surface area contributed by atoms with E-state index >= 15 is 0 Å². The standard InChI is InChI=1S/C41H31N3/c1-4-14-29(15-5-1)31-24-25-34(27-32(26-31)30-16-6-2-7-17-30)43-37-21-11-10-20-35(37)36-28-42-38-22-12-13-23-39(38)44(41(42)40(36)43)33-18-8-3-9-19-33/h1-27,31,36H,28H2. The van der Waals surface area contributed by atoms with E-state index in [1.165, 1.54) is 62.2 Å². The van der Waals surface area contributed by atoms with Crippen molar-refractivity contribution in [2.75, 3.05) is 21.2 Å². The van der Waals surface area contributed by atoms with E-state index in [9.17, 15) is 0 Å². The molecule has 3 heterocycles. The van der Waals surface area contributed by atoms with Crippen molar-refractivity contribution < 1.29 is 0 Å². The average Bonchev–Trinajstić information content (AvgIpc) is 3.66. The van der Waals surface area contributed by atoms with Crippen LogP contribution < -0.4 is 14.7 Å². The molecule has 0 radical (unpaired) electrons. The molecule has 1 aliphatic carbocycles. The summed E-state index contributed by atoms with van der Waals surface area (Å²) >= 11 is 0. The van der Waals surface area contributed by atoms with E-state index in [-0.39, 0.29) is 11.8 Å². The number of allylic oxidation sites excluding steroid dienone is 5. The fourth-order valence-corrected chi connectivity index (χ4v) is 7.37. The lowest BCUT2D eigenvalue weighted by Crippen LogP contribution is -2.26. The van der Waals surface area contributed by atoms with Crippen molar-refractivity contribution in [3.05, 3.63) is 198 Å². The van der Waals surface area contributed by atoms with E-state index in [1.807, 2.05) is 0 Å². The van der Waals surface area contributed by atoms with Crippen LogP contribution in [-0.4, -0.2) is 6.54 Å². The minimum absolute atomic E-state index is 0.170. The summed E-state index contributed by atoms with van der Waals surface area (Å²) < 4.78 is 0. The topological polar surface area (TPSA) is 9.72 Å². The number of hydrogen-bond donors (Lipinski definition) is 0. The highest BCUT2D eigenvalue weighted by molar-refractivity contribution is 5.93. The molecule has 0 bridgehead atoms. The van der Waals surface area contributed by atoms with Gasteiger partial charge < -0.3 is 9.80 Å². The lowest BCUT2D eigenvalue weighted by Gasteiger charge is -2.28. The molecule has 44 heavy (non-hydrogen) atoms. The van der Waals surface area contributed by atoms with Gasteiger partial charge in [-0.25, -0.2) is 0 Å². The first-order valence-electron chi connectivity index (χ1n) is 15.4. The third kappa shape index (κ3) is 3.83. The molecule has 3 nitrogen and oxygen atoms in total. The van der Waals surface area contributed by atoms with E-state index in [1.54, 1.807) is 0 Å². The van der Waals surface area contributed by atoms with Gasteiger partial charge in [-0.15, -0.1) is 0 Å². The van der Waals surface area contributed by atoms with Crippen LogP contribution >= 0.6 is 0 Å². The minimum Gasteiger partial charge on any atom is -0.323 e. The highest BCUT2D eigenvalue weighted by Crippen LogP contribution is 2.58. The lowest BCUT2D eigenvalue weighted by atomic mass is 9.95. The second-order valence-corrected chi connectivity index (χ2v) is 11.8. The molecule has 0 amide bonds. The second-order valence-electron chi connectivity index (χ2n) is 11.8. The van der Waals surface area contributed by atoms with Gasteiger partial charge in [-0.3, -0.25) is 4.90 Å². The largest absolute Gasteiger partial charge is 0.323 e. The summed E-state index contributed by atoms with van der Waals surface area (Å²) in [5.74, 6) is 1.69. The highest BCUT2D eigenvalue weighted by atomic mass is 15.4. The zero-order valence-corrected chi connectivity index (χ0v) is 24.3. The third-order valence-electron chi connectivity index (χ3n) is 9.30. The van der Waals surface area contributed by atoms with Crippen molar-refractivity contribution in [3.8, 4) is 0 Å². The van der Waals surface area contributed by atoms with Crippen LogP contribution in [0.1, 0.15) is 28.5 Å². The maximum Gasteiger partial charge on any atom is 0.139 e. The predicted molar refractivity (Wildman–Crippen MR) is 182 cm³/mol. The molecule has 2 unspecified atom stereocenters. The Morgan fingerprint density at radius 1 is 0.568 bits per heavy atom. The van der Waals surface area contributed by atoms with Crippen LogP contribution in [0.4, 0.5) is 22.7 Å². The summed E-state index contributed by atoms with van der Waals surface area (Å²) in [5, 5.41) is 0. The maximum absolute atomic E-state index is 2.54. The van der Waals surface area contributed by atoms with Gasteiger partial charge in [-0.2, -0.15) is 0 Å². The Bertz CT molecular complexity index is 2000. The quantitative estimate of drug-likeness (QED) is 0.215. The molecule has 9 rings (SSSR count). The van der Waals surface area contributed by atoms with Gasteiger partial charge in [0.1, 0.15) is 5.82 Å². The summed E-state index contributed by atoms with van der Waals surface area (Å²) in [7, 11) is 0. The fourth-order valence-electron chi connectivity index (χ4n) is 7.37. The number of nitrogens with zero attached hydrogens (tertiary/aromatic N) is 3. The molecule has 5 aromatic rings.